The van der Waals surface area contributed by atoms with E-state index in [1.807, 2.05) is 18.2 Å². The first-order valence-corrected chi connectivity index (χ1v) is 12.1. The first-order valence-electron chi connectivity index (χ1n) is 11.4. The number of aromatic nitrogens is 1. The van der Waals surface area contributed by atoms with Crippen molar-refractivity contribution in [1.29, 1.82) is 0 Å². The summed E-state index contributed by atoms with van der Waals surface area (Å²) in [5, 5.41) is 1.11. The molecule has 2 aromatic carbocycles. The van der Waals surface area contributed by atoms with Crippen molar-refractivity contribution in [2.24, 2.45) is 4.99 Å². The maximum atomic E-state index is 13.3. The number of benzene rings is 2. The first-order chi connectivity index (χ1) is 16.8. The maximum Gasteiger partial charge on any atom is 0.468 e. The molecule has 0 bridgehead atoms. The largest absolute Gasteiger partial charge is 0.468 e. The molecule has 1 atom stereocenters. The van der Waals surface area contributed by atoms with E-state index in [0.717, 1.165) is 15.9 Å². The van der Waals surface area contributed by atoms with Crippen LogP contribution in [-0.4, -0.2) is 59.5 Å². The molecule has 0 spiro atoms. The Balaban J connectivity index is 1.31. The van der Waals surface area contributed by atoms with Gasteiger partial charge in [0.1, 0.15) is 11.9 Å². The highest BCUT2D eigenvalue weighted by Gasteiger charge is 2.41. The van der Waals surface area contributed by atoms with E-state index < -0.39 is 18.2 Å². The van der Waals surface area contributed by atoms with Crippen molar-refractivity contribution in [2.75, 3.05) is 31.1 Å². The highest BCUT2D eigenvalue weighted by Crippen LogP contribution is 2.31. The summed E-state index contributed by atoms with van der Waals surface area (Å²) in [5.74, 6) is -0.478. The van der Waals surface area contributed by atoms with Crippen molar-refractivity contribution in [3.8, 4) is 0 Å². The van der Waals surface area contributed by atoms with Crippen molar-refractivity contribution >= 4 is 44.9 Å². The zero-order chi connectivity index (χ0) is 24.6. The van der Waals surface area contributed by atoms with E-state index in [1.54, 1.807) is 42.2 Å². The van der Waals surface area contributed by atoms with Gasteiger partial charge in [-0.05, 0) is 48.3 Å². The summed E-state index contributed by atoms with van der Waals surface area (Å²) in [5.41, 5.74) is 1.02. The molecule has 1 unspecified atom stereocenters. The Bertz CT molecular complexity index is 1310. The average Bonchev–Trinajstić information content (AvgIpc) is 3.32. The van der Waals surface area contributed by atoms with Crippen molar-refractivity contribution in [3.05, 3.63) is 65.7 Å². The smallest absolute Gasteiger partial charge is 0.467 e. The van der Waals surface area contributed by atoms with Gasteiger partial charge < -0.3 is 14.5 Å². The van der Waals surface area contributed by atoms with E-state index in [2.05, 4.69) is 20.3 Å². The van der Waals surface area contributed by atoms with Crippen LogP contribution in [0.3, 0.4) is 0 Å². The third-order valence-electron chi connectivity index (χ3n) is 6.10. The number of hydrogen-bond donors (Lipinski definition) is 0. The number of halogens is 3. The Morgan fingerprint density at radius 2 is 1.89 bits per heavy atom. The molecule has 0 N–H and O–H groups in total. The number of amides is 1. The summed E-state index contributed by atoms with van der Waals surface area (Å²) in [6.45, 7) is 4.10. The van der Waals surface area contributed by atoms with Crippen LogP contribution in [0.5, 0.6) is 0 Å². The topological polar surface area (TPSA) is 58.0 Å². The first kappa shape index (κ1) is 23.3. The van der Waals surface area contributed by atoms with Gasteiger partial charge in [-0.1, -0.05) is 31.2 Å². The van der Waals surface area contributed by atoms with Gasteiger partial charge in [0.2, 0.25) is 0 Å². The van der Waals surface area contributed by atoms with Gasteiger partial charge in [-0.15, -0.1) is 0 Å². The molecule has 2 aliphatic heterocycles. The van der Waals surface area contributed by atoms with Crippen LogP contribution in [0, 0.1) is 0 Å². The molecular formula is C25H23F3N4O2S. The van der Waals surface area contributed by atoms with Gasteiger partial charge in [-0.2, -0.15) is 17.5 Å². The second-order valence-corrected chi connectivity index (χ2v) is 9.20. The Labute approximate surface area is 204 Å². The summed E-state index contributed by atoms with van der Waals surface area (Å²) in [7, 11) is 0. The van der Waals surface area contributed by atoms with Crippen LogP contribution in [0.1, 0.15) is 29.3 Å². The molecule has 6 nitrogen and oxygen atoms in total. The number of rotatable bonds is 4. The van der Waals surface area contributed by atoms with Gasteiger partial charge in [-0.25, -0.2) is 4.99 Å². The summed E-state index contributed by atoms with van der Waals surface area (Å²) in [6, 6.07) is 14.7. The van der Waals surface area contributed by atoms with Gasteiger partial charge in [-0.3, -0.25) is 4.79 Å². The summed E-state index contributed by atoms with van der Waals surface area (Å²) >= 11 is 1.46. The lowest BCUT2D eigenvalue weighted by atomic mass is 10.0. The standard InChI is InChI=1S/C25H23F3N4O2S/c1-2-18-15-20(29-24(34-18)25(26,27)28)16-6-5-7-17(14-16)23(33)32-12-10-31(11-13-32)22-19-8-3-4-9-21(19)35-30-22/h3-9,14-15,18H,2,10-13H2,1H3. The lowest BCUT2D eigenvalue weighted by molar-refractivity contribution is -0.0817. The van der Waals surface area contributed by atoms with Crippen LogP contribution in [0.4, 0.5) is 19.0 Å². The fourth-order valence-corrected chi connectivity index (χ4v) is 5.03. The number of ether oxygens (including phenoxy) is 1. The number of hydrogen-bond acceptors (Lipinski definition) is 6. The van der Waals surface area contributed by atoms with Gasteiger partial charge in [0, 0.05) is 42.7 Å². The van der Waals surface area contributed by atoms with Gasteiger partial charge in [0.05, 0.1) is 10.4 Å². The van der Waals surface area contributed by atoms with E-state index in [1.165, 1.54) is 11.5 Å². The van der Waals surface area contributed by atoms with Crippen molar-refractivity contribution < 1.29 is 22.7 Å². The molecule has 0 radical (unpaired) electrons. The molecule has 2 aliphatic rings. The maximum absolute atomic E-state index is 13.3. The number of carbonyl (C=O) groups is 1. The minimum absolute atomic E-state index is 0.158. The molecular weight excluding hydrogens is 477 g/mol. The molecule has 1 amide bonds. The van der Waals surface area contributed by atoms with Crippen molar-refractivity contribution in [3.63, 3.8) is 0 Å². The minimum atomic E-state index is -4.68. The predicted molar refractivity (Wildman–Crippen MR) is 131 cm³/mol. The molecule has 3 aromatic rings. The molecule has 1 aromatic heterocycles. The van der Waals surface area contributed by atoms with Crippen LogP contribution in [0.2, 0.25) is 0 Å². The zero-order valence-electron chi connectivity index (χ0n) is 19.0. The molecule has 10 heteroatoms. The number of nitrogens with zero attached hydrogens (tertiary/aromatic N) is 4. The highest BCUT2D eigenvalue weighted by atomic mass is 32.1. The zero-order valence-corrected chi connectivity index (χ0v) is 19.8. The number of aliphatic imine (C=N–C) groups is 1. The minimum Gasteiger partial charge on any atom is -0.467 e. The van der Waals surface area contributed by atoms with Crippen LogP contribution in [-0.2, 0) is 4.74 Å². The quantitative estimate of drug-likeness (QED) is 0.483. The van der Waals surface area contributed by atoms with E-state index in [-0.39, 0.29) is 11.6 Å². The Morgan fingerprint density at radius 1 is 1.11 bits per heavy atom. The summed E-state index contributed by atoms with van der Waals surface area (Å²) in [4.78, 5) is 20.9. The van der Waals surface area contributed by atoms with Crippen LogP contribution >= 0.6 is 11.5 Å². The summed E-state index contributed by atoms with van der Waals surface area (Å²) < 4.78 is 50.5. The second kappa shape index (κ2) is 9.33. The monoisotopic (exact) mass is 500 g/mol. The molecule has 182 valence electrons. The Morgan fingerprint density at radius 3 is 2.63 bits per heavy atom. The molecule has 35 heavy (non-hydrogen) atoms. The number of carbonyl (C=O) groups excluding carboxylic acids is 1. The molecule has 1 fully saturated rings. The highest BCUT2D eigenvalue weighted by molar-refractivity contribution is 7.13. The lowest BCUT2D eigenvalue weighted by Crippen LogP contribution is -2.49. The second-order valence-electron chi connectivity index (χ2n) is 8.39. The molecule has 3 heterocycles. The van der Waals surface area contributed by atoms with Crippen molar-refractivity contribution in [2.45, 2.75) is 25.6 Å². The van der Waals surface area contributed by atoms with Gasteiger partial charge >= 0.3 is 6.18 Å². The Kier molecular flexibility index (Phi) is 6.22. The molecule has 1 saturated heterocycles. The average molecular weight is 501 g/mol. The van der Waals surface area contributed by atoms with Crippen molar-refractivity contribution in [1.82, 2.24) is 9.27 Å². The third kappa shape index (κ3) is 4.75. The fourth-order valence-electron chi connectivity index (χ4n) is 4.23. The number of anilines is 1. The van der Waals surface area contributed by atoms with E-state index in [9.17, 15) is 18.0 Å². The predicted octanol–water partition coefficient (Wildman–Crippen LogP) is 5.37. The number of piperazine rings is 1. The molecule has 5 rings (SSSR count). The van der Waals surface area contributed by atoms with Gasteiger partial charge in [0.25, 0.3) is 11.8 Å². The summed E-state index contributed by atoms with van der Waals surface area (Å²) in [6.07, 6.45) is -3.47. The van der Waals surface area contributed by atoms with Crippen LogP contribution in [0.25, 0.3) is 15.8 Å². The van der Waals surface area contributed by atoms with Gasteiger partial charge in [0.15, 0.2) is 0 Å². The number of fused-ring (bicyclic) bond motifs is 1. The van der Waals surface area contributed by atoms with Crippen LogP contribution < -0.4 is 4.90 Å². The van der Waals surface area contributed by atoms with E-state index in [4.69, 9.17) is 4.74 Å². The van der Waals surface area contributed by atoms with E-state index in [0.29, 0.717) is 43.7 Å². The number of alkyl halides is 3. The van der Waals surface area contributed by atoms with Crippen LogP contribution in [0.15, 0.2) is 59.6 Å². The normalized spacial score (nSPS) is 18.8. The Hall–Kier alpha value is -3.40. The lowest BCUT2D eigenvalue weighted by Gasteiger charge is -2.35. The SMILES string of the molecule is CCC1C=C(c2cccc(C(=O)N3CCN(c4nsc5ccccc45)CC3)c2)N=C(C(F)(F)F)O1. The fraction of sp³-hybridized carbons (Fsp3) is 0.320. The third-order valence-corrected chi connectivity index (χ3v) is 6.92. The molecule has 0 aliphatic carbocycles. The molecule has 0 saturated carbocycles. The van der Waals surface area contributed by atoms with E-state index >= 15 is 0 Å².